The van der Waals surface area contributed by atoms with Crippen molar-refractivity contribution in [3.63, 3.8) is 0 Å². The van der Waals surface area contributed by atoms with Gasteiger partial charge >= 0.3 is 12.2 Å². The van der Waals surface area contributed by atoms with E-state index in [-0.39, 0.29) is 17.4 Å². The predicted molar refractivity (Wildman–Crippen MR) is 93.3 cm³/mol. The second-order valence-corrected chi connectivity index (χ2v) is 6.35. The number of anilines is 1. The Kier molecular flexibility index (Phi) is 5.43. The first-order valence-corrected chi connectivity index (χ1v) is 8.53. The first-order chi connectivity index (χ1) is 12.8. The molecule has 142 valence electrons. The van der Waals surface area contributed by atoms with E-state index in [2.05, 4.69) is 10.3 Å². The average Bonchev–Trinajstić information content (AvgIpc) is 2.68. The zero-order chi connectivity index (χ0) is 19.4. The molecule has 27 heavy (non-hydrogen) atoms. The summed E-state index contributed by atoms with van der Waals surface area (Å²) in [6.45, 7) is 0.812. The number of carbonyl (C=O) groups is 2. The fraction of sp³-hybridized carbons (Fsp3) is 0.316. The van der Waals surface area contributed by atoms with E-state index in [1.165, 1.54) is 6.07 Å². The molecule has 1 saturated heterocycles. The minimum atomic E-state index is -4.52. The Balaban J connectivity index is 1.53. The van der Waals surface area contributed by atoms with Gasteiger partial charge in [-0.15, -0.1) is 0 Å². The SMILES string of the molecule is O=C(c1ccccc1)C1CCN(C(=O)Nc2ccc(C(F)(F)F)nc2)CC1. The zero-order valence-electron chi connectivity index (χ0n) is 14.4. The summed E-state index contributed by atoms with van der Waals surface area (Å²) in [5, 5.41) is 2.54. The molecule has 2 heterocycles. The molecule has 2 amide bonds. The van der Waals surface area contributed by atoms with E-state index in [1.807, 2.05) is 18.2 Å². The molecule has 1 aromatic heterocycles. The number of aromatic nitrogens is 1. The molecule has 2 aromatic rings. The monoisotopic (exact) mass is 377 g/mol. The standard InChI is InChI=1S/C19H18F3N3O2/c20-19(21,22)16-7-6-15(12-23-16)24-18(27)25-10-8-14(9-11-25)17(26)13-4-2-1-3-5-13/h1-7,12,14H,8-11H2,(H,24,27). The van der Waals surface area contributed by atoms with E-state index < -0.39 is 17.9 Å². The van der Waals surface area contributed by atoms with Gasteiger partial charge in [-0.2, -0.15) is 13.2 Å². The fourth-order valence-electron chi connectivity index (χ4n) is 3.02. The number of piperidine rings is 1. The Bertz CT molecular complexity index is 799. The highest BCUT2D eigenvalue weighted by Crippen LogP contribution is 2.28. The number of nitrogens with one attached hydrogen (secondary N) is 1. The number of nitrogens with zero attached hydrogens (tertiary/aromatic N) is 2. The third-order valence-electron chi connectivity index (χ3n) is 4.52. The molecule has 1 fully saturated rings. The Morgan fingerprint density at radius 1 is 1.04 bits per heavy atom. The number of hydrogen-bond donors (Lipinski definition) is 1. The van der Waals surface area contributed by atoms with Crippen molar-refractivity contribution in [3.8, 4) is 0 Å². The van der Waals surface area contributed by atoms with Gasteiger partial charge in [0.05, 0.1) is 11.9 Å². The maximum absolute atomic E-state index is 12.5. The zero-order valence-corrected chi connectivity index (χ0v) is 14.4. The minimum absolute atomic E-state index is 0.0718. The van der Waals surface area contributed by atoms with Gasteiger partial charge < -0.3 is 10.2 Å². The van der Waals surface area contributed by atoms with E-state index in [0.29, 0.717) is 31.5 Å². The molecule has 8 heteroatoms. The number of halogens is 3. The van der Waals surface area contributed by atoms with Crippen LogP contribution in [0.15, 0.2) is 48.7 Å². The minimum Gasteiger partial charge on any atom is -0.324 e. The number of ketones is 1. The van der Waals surface area contributed by atoms with Crippen molar-refractivity contribution in [2.75, 3.05) is 18.4 Å². The number of urea groups is 1. The lowest BCUT2D eigenvalue weighted by Crippen LogP contribution is -2.42. The molecule has 5 nitrogen and oxygen atoms in total. The molecular weight excluding hydrogens is 359 g/mol. The largest absolute Gasteiger partial charge is 0.433 e. The first-order valence-electron chi connectivity index (χ1n) is 8.53. The quantitative estimate of drug-likeness (QED) is 0.815. The molecule has 0 saturated carbocycles. The van der Waals surface area contributed by atoms with Crippen LogP contribution in [0.3, 0.4) is 0 Å². The van der Waals surface area contributed by atoms with Crippen LogP contribution in [0.5, 0.6) is 0 Å². The number of hydrogen-bond acceptors (Lipinski definition) is 3. The summed E-state index contributed by atoms with van der Waals surface area (Å²) in [6.07, 6.45) is -2.44. The smallest absolute Gasteiger partial charge is 0.324 e. The van der Waals surface area contributed by atoms with Gasteiger partial charge in [0, 0.05) is 24.6 Å². The lowest BCUT2D eigenvalue weighted by molar-refractivity contribution is -0.141. The van der Waals surface area contributed by atoms with Gasteiger partial charge in [-0.25, -0.2) is 9.78 Å². The van der Waals surface area contributed by atoms with E-state index in [0.717, 1.165) is 12.3 Å². The Morgan fingerprint density at radius 3 is 2.26 bits per heavy atom. The number of amides is 2. The number of pyridine rings is 1. The van der Waals surface area contributed by atoms with Crippen molar-refractivity contribution in [1.82, 2.24) is 9.88 Å². The van der Waals surface area contributed by atoms with Crippen LogP contribution < -0.4 is 5.32 Å². The summed E-state index contributed by atoms with van der Waals surface area (Å²) >= 11 is 0. The van der Waals surface area contributed by atoms with Crippen LogP contribution in [0.1, 0.15) is 28.9 Å². The number of Topliss-reactive ketones (excluding diaryl/α,β-unsaturated/α-hetero) is 1. The molecule has 0 radical (unpaired) electrons. The van der Waals surface area contributed by atoms with Gasteiger partial charge in [0.15, 0.2) is 5.78 Å². The molecule has 0 spiro atoms. The van der Waals surface area contributed by atoms with Crippen LogP contribution >= 0.6 is 0 Å². The van der Waals surface area contributed by atoms with Gasteiger partial charge in [-0.1, -0.05) is 30.3 Å². The van der Waals surface area contributed by atoms with Crippen molar-refractivity contribution in [3.05, 3.63) is 59.9 Å². The number of rotatable bonds is 3. The van der Waals surface area contributed by atoms with Crippen LogP contribution in [-0.4, -0.2) is 34.8 Å². The Labute approximate surface area is 154 Å². The average molecular weight is 377 g/mol. The van der Waals surface area contributed by atoms with E-state index in [1.54, 1.807) is 17.0 Å². The van der Waals surface area contributed by atoms with Crippen molar-refractivity contribution in [2.24, 2.45) is 5.92 Å². The van der Waals surface area contributed by atoms with Gasteiger partial charge in [-0.3, -0.25) is 4.79 Å². The fourth-order valence-corrected chi connectivity index (χ4v) is 3.02. The number of benzene rings is 1. The van der Waals surface area contributed by atoms with Crippen LogP contribution in [0, 0.1) is 5.92 Å². The summed E-state index contributed by atoms with van der Waals surface area (Å²) in [5.41, 5.74) is -0.160. The third-order valence-corrected chi connectivity index (χ3v) is 4.52. The molecule has 1 N–H and O–H groups in total. The molecule has 0 bridgehead atoms. The second-order valence-electron chi connectivity index (χ2n) is 6.35. The highest BCUT2D eigenvalue weighted by Gasteiger charge is 2.32. The number of alkyl halides is 3. The third kappa shape index (κ3) is 4.64. The van der Waals surface area contributed by atoms with Crippen LogP contribution in [-0.2, 0) is 6.18 Å². The van der Waals surface area contributed by atoms with Crippen LogP contribution in [0.25, 0.3) is 0 Å². The molecule has 0 aliphatic carbocycles. The maximum atomic E-state index is 12.5. The van der Waals surface area contributed by atoms with E-state index in [9.17, 15) is 22.8 Å². The van der Waals surface area contributed by atoms with E-state index >= 15 is 0 Å². The van der Waals surface area contributed by atoms with Crippen LogP contribution in [0.4, 0.5) is 23.7 Å². The summed E-state index contributed by atoms with van der Waals surface area (Å²) in [4.78, 5) is 29.6. The lowest BCUT2D eigenvalue weighted by atomic mass is 9.89. The summed E-state index contributed by atoms with van der Waals surface area (Å²) in [6, 6.07) is 10.6. The van der Waals surface area contributed by atoms with Gasteiger partial charge in [-0.05, 0) is 25.0 Å². The Morgan fingerprint density at radius 2 is 1.70 bits per heavy atom. The summed E-state index contributed by atoms with van der Waals surface area (Å²) < 4.78 is 37.5. The molecule has 1 aliphatic heterocycles. The second kappa shape index (κ2) is 7.77. The van der Waals surface area contributed by atoms with Crippen molar-refractivity contribution < 1.29 is 22.8 Å². The van der Waals surface area contributed by atoms with Crippen molar-refractivity contribution in [1.29, 1.82) is 0 Å². The lowest BCUT2D eigenvalue weighted by Gasteiger charge is -2.31. The molecule has 0 unspecified atom stereocenters. The highest BCUT2D eigenvalue weighted by molar-refractivity contribution is 5.98. The molecule has 3 rings (SSSR count). The molecule has 1 aromatic carbocycles. The van der Waals surface area contributed by atoms with Gasteiger partial charge in [0.2, 0.25) is 0 Å². The van der Waals surface area contributed by atoms with Crippen molar-refractivity contribution >= 4 is 17.5 Å². The van der Waals surface area contributed by atoms with Crippen molar-refractivity contribution in [2.45, 2.75) is 19.0 Å². The molecular formula is C19H18F3N3O2. The van der Waals surface area contributed by atoms with E-state index in [4.69, 9.17) is 0 Å². The number of carbonyl (C=O) groups excluding carboxylic acids is 2. The number of likely N-dealkylation sites (tertiary alicyclic amines) is 1. The summed E-state index contributed by atoms with van der Waals surface area (Å²) in [7, 11) is 0. The van der Waals surface area contributed by atoms with Crippen LogP contribution in [0.2, 0.25) is 0 Å². The molecule has 0 atom stereocenters. The Hall–Kier alpha value is -2.90. The maximum Gasteiger partial charge on any atom is 0.433 e. The highest BCUT2D eigenvalue weighted by atomic mass is 19.4. The topological polar surface area (TPSA) is 62.3 Å². The predicted octanol–water partition coefficient (Wildman–Crippen LogP) is 4.23. The first kappa shape index (κ1) is 18.9. The molecule has 1 aliphatic rings. The van der Waals surface area contributed by atoms with Gasteiger partial charge in [0.1, 0.15) is 5.69 Å². The van der Waals surface area contributed by atoms with Gasteiger partial charge in [0.25, 0.3) is 0 Å². The summed E-state index contributed by atoms with van der Waals surface area (Å²) in [5.74, 6) is -0.0632. The normalized spacial score (nSPS) is 15.4.